The Morgan fingerprint density at radius 2 is 2.04 bits per heavy atom. The monoisotopic (exact) mass is 390 g/mol. The predicted octanol–water partition coefficient (Wildman–Crippen LogP) is 2.03. The van der Waals surface area contributed by atoms with Crippen LogP contribution in [0, 0.1) is 5.92 Å². The first-order valence-corrected chi connectivity index (χ1v) is 9.43. The second-order valence-corrected chi connectivity index (χ2v) is 7.35. The van der Waals surface area contributed by atoms with Crippen molar-refractivity contribution in [2.45, 2.75) is 45.4 Å². The number of cyclic esters (lactones) is 1. The molecule has 2 aliphatic rings. The van der Waals surface area contributed by atoms with E-state index in [1.54, 1.807) is 12.1 Å². The molecule has 2 unspecified atom stereocenters. The first-order valence-electron chi connectivity index (χ1n) is 9.43. The number of esters is 1. The van der Waals surface area contributed by atoms with Gasteiger partial charge in [-0.1, -0.05) is 13.8 Å². The maximum absolute atomic E-state index is 12.7. The maximum Gasteiger partial charge on any atom is 0.344 e. The number of methoxy groups -OCH3 is 2. The number of benzene rings is 1. The van der Waals surface area contributed by atoms with Gasteiger partial charge in [0.2, 0.25) is 18.0 Å². The van der Waals surface area contributed by atoms with Gasteiger partial charge in [0, 0.05) is 18.5 Å². The zero-order valence-corrected chi connectivity index (χ0v) is 16.6. The SMILES string of the molecule is COc1ccc2c(c1OC)C(=O)OC2N1C(=O)CCC1C(=O)NCCC(C)C. The summed E-state index contributed by atoms with van der Waals surface area (Å²) < 4.78 is 16.1. The highest BCUT2D eigenvalue weighted by Gasteiger charge is 2.47. The normalized spacial score (nSPS) is 21.0. The van der Waals surface area contributed by atoms with Crippen molar-refractivity contribution in [2.75, 3.05) is 20.8 Å². The van der Waals surface area contributed by atoms with Crippen molar-refractivity contribution in [1.82, 2.24) is 10.2 Å². The molecule has 3 rings (SSSR count). The topological polar surface area (TPSA) is 94.2 Å². The van der Waals surface area contributed by atoms with Crippen LogP contribution in [0.4, 0.5) is 0 Å². The number of carbonyl (C=O) groups excluding carboxylic acids is 3. The molecule has 8 nitrogen and oxygen atoms in total. The van der Waals surface area contributed by atoms with Crippen molar-refractivity contribution in [3.8, 4) is 11.5 Å². The summed E-state index contributed by atoms with van der Waals surface area (Å²) in [6.07, 6.45) is 0.533. The van der Waals surface area contributed by atoms with Crippen molar-refractivity contribution in [1.29, 1.82) is 0 Å². The Bertz CT molecular complexity index is 791. The standard InChI is InChI=1S/C20H26N2O6/c1-11(2)9-10-21-18(24)13-6-8-15(23)22(13)19-12-5-7-14(26-3)17(27-4)16(12)20(25)28-19/h5,7,11,13,19H,6,8-10H2,1-4H3,(H,21,24). The Morgan fingerprint density at radius 3 is 2.68 bits per heavy atom. The molecule has 1 saturated heterocycles. The average molecular weight is 390 g/mol. The van der Waals surface area contributed by atoms with Gasteiger partial charge in [-0.05, 0) is 30.9 Å². The zero-order chi connectivity index (χ0) is 20.4. The van der Waals surface area contributed by atoms with Gasteiger partial charge in [-0.15, -0.1) is 0 Å². The van der Waals surface area contributed by atoms with Crippen LogP contribution in [0.3, 0.4) is 0 Å². The van der Waals surface area contributed by atoms with E-state index in [9.17, 15) is 14.4 Å². The summed E-state index contributed by atoms with van der Waals surface area (Å²) in [5, 5.41) is 2.89. The van der Waals surface area contributed by atoms with Crippen LogP contribution in [0.25, 0.3) is 0 Å². The quantitative estimate of drug-likeness (QED) is 0.716. The molecular weight excluding hydrogens is 364 g/mol. The highest BCUT2D eigenvalue weighted by atomic mass is 16.6. The number of likely N-dealkylation sites (tertiary alicyclic amines) is 1. The number of hydrogen-bond acceptors (Lipinski definition) is 6. The summed E-state index contributed by atoms with van der Waals surface area (Å²) >= 11 is 0. The second kappa shape index (κ2) is 8.08. The van der Waals surface area contributed by atoms with Gasteiger partial charge >= 0.3 is 5.97 Å². The molecule has 0 bridgehead atoms. The Hall–Kier alpha value is -2.77. The summed E-state index contributed by atoms with van der Waals surface area (Å²) in [5.41, 5.74) is 0.725. The molecule has 8 heteroatoms. The first-order chi connectivity index (χ1) is 13.4. The summed E-state index contributed by atoms with van der Waals surface area (Å²) in [6, 6.07) is 2.66. The molecule has 0 saturated carbocycles. The van der Waals surface area contributed by atoms with Gasteiger partial charge in [-0.25, -0.2) is 4.79 Å². The predicted molar refractivity (Wildman–Crippen MR) is 100 cm³/mol. The van der Waals surface area contributed by atoms with Crippen molar-refractivity contribution < 1.29 is 28.6 Å². The summed E-state index contributed by atoms with van der Waals surface area (Å²) in [4.78, 5) is 39.1. The van der Waals surface area contributed by atoms with Crippen LogP contribution in [0.15, 0.2) is 12.1 Å². The molecule has 2 atom stereocenters. The lowest BCUT2D eigenvalue weighted by Gasteiger charge is -2.29. The van der Waals surface area contributed by atoms with Gasteiger partial charge in [-0.3, -0.25) is 14.5 Å². The molecule has 28 heavy (non-hydrogen) atoms. The van der Waals surface area contributed by atoms with Crippen molar-refractivity contribution >= 4 is 17.8 Å². The maximum atomic E-state index is 12.7. The summed E-state index contributed by atoms with van der Waals surface area (Å²) in [5.74, 6) is 0.0775. The number of nitrogens with zero attached hydrogens (tertiary/aromatic N) is 1. The van der Waals surface area contributed by atoms with E-state index in [0.29, 0.717) is 30.2 Å². The highest BCUT2D eigenvalue weighted by Crippen LogP contribution is 2.45. The number of fused-ring (bicyclic) bond motifs is 1. The third-order valence-electron chi connectivity index (χ3n) is 5.10. The minimum Gasteiger partial charge on any atom is -0.493 e. The fraction of sp³-hybridized carbons (Fsp3) is 0.550. The van der Waals surface area contributed by atoms with Gasteiger partial charge in [0.15, 0.2) is 11.5 Å². The smallest absolute Gasteiger partial charge is 0.344 e. The van der Waals surface area contributed by atoms with E-state index in [-0.39, 0.29) is 29.5 Å². The molecule has 0 aromatic heterocycles. The van der Waals surface area contributed by atoms with Crippen LogP contribution >= 0.6 is 0 Å². The lowest BCUT2D eigenvalue weighted by molar-refractivity contribution is -0.145. The molecule has 2 heterocycles. The number of hydrogen-bond donors (Lipinski definition) is 1. The van der Waals surface area contributed by atoms with Gasteiger partial charge in [0.05, 0.1) is 14.2 Å². The molecule has 0 radical (unpaired) electrons. The van der Waals surface area contributed by atoms with Crippen LogP contribution in [0.5, 0.6) is 11.5 Å². The van der Waals surface area contributed by atoms with Crippen molar-refractivity contribution in [2.24, 2.45) is 5.92 Å². The molecule has 2 aliphatic heterocycles. The Morgan fingerprint density at radius 1 is 1.29 bits per heavy atom. The molecule has 1 aromatic rings. The summed E-state index contributed by atoms with van der Waals surface area (Å²) in [7, 11) is 2.91. The van der Waals surface area contributed by atoms with Crippen LogP contribution < -0.4 is 14.8 Å². The highest BCUT2D eigenvalue weighted by molar-refractivity contribution is 5.99. The lowest BCUT2D eigenvalue weighted by atomic mass is 10.0. The van der Waals surface area contributed by atoms with E-state index >= 15 is 0 Å². The van der Waals surface area contributed by atoms with Gasteiger partial charge in [-0.2, -0.15) is 0 Å². The first kappa shape index (κ1) is 20.0. The fourth-order valence-electron chi connectivity index (χ4n) is 3.64. The van der Waals surface area contributed by atoms with Crippen LogP contribution in [0.2, 0.25) is 0 Å². The molecule has 1 fully saturated rings. The van der Waals surface area contributed by atoms with E-state index in [0.717, 1.165) is 6.42 Å². The minimum atomic E-state index is -0.946. The molecule has 0 spiro atoms. The third kappa shape index (κ3) is 3.50. The fourth-order valence-corrected chi connectivity index (χ4v) is 3.64. The van der Waals surface area contributed by atoms with E-state index in [1.807, 2.05) is 0 Å². The molecule has 1 aromatic carbocycles. The number of ether oxygens (including phenoxy) is 3. The van der Waals surface area contributed by atoms with E-state index < -0.39 is 18.2 Å². The largest absolute Gasteiger partial charge is 0.493 e. The minimum absolute atomic E-state index is 0.218. The number of amides is 2. The van der Waals surface area contributed by atoms with Gasteiger partial charge in [0.1, 0.15) is 11.6 Å². The zero-order valence-electron chi connectivity index (χ0n) is 16.6. The van der Waals surface area contributed by atoms with Crippen LogP contribution in [-0.2, 0) is 14.3 Å². The number of nitrogens with one attached hydrogen (secondary N) is 1. The van der Waals surface area contributed by atoms with Crippen molar-refractivity contribution in [3.05, 3.63) is 23.3 Å². The van der Waals surface area contributed by atoms with E-state index in [2.05, 4.69) is 19.2 Å². The second-order valence-electron chi connectivity index (χ2n) is 7.35. The Labute approximate surface area is 164 Å². The third-order valence-corrected chi connectivity index (χ3v) is 5.10. The molecule has 152 valence electrons. The Balaban J connectivity index is 1.88. The average Bonchev–Trinajstić information content (AvgIpc) is 3.20. The molecule has 2 amide bonds. The van der Waals surface area contributed by atoms with Crippen LogP contribution in [-0.4, -0.2) is 49.5 Å². The molecule has 0 aliphatic carbocycles. The van der Waals surface area contributed by atoms with Gasteiger partial charge in [0.25, 0.3) is 0 Å². The number of rotatable bonds is 7. The summed E-state index contributed by atoms with van der Waals surface area (Å²) in [6.45, 7) is 4.70. The number of carbonyl (C=O) groups is 3. The molecular formula is C20H26N2O6. The van der Waals surface area contributed by atoms with Crippen LogP contribution in [0.1, 0.15) is 55.3 Å². The lowest BCUT2D eigenvalue weighted by Crippen LogP contribution is -2.46. The van der Waals surface area contributed by atoms with E-state index in [4.69, 9.17) is 14.2 Å². The Kier molecular flexibility index (Phi) is 5.76. The van der Waals surface area contributed by atoms with E-state index in [1.165, 1.54) is 19.1 Å². The van der Waals surface area contributed by atoms with Gasteiger partial charge < -0.3 is 19.5 Å². The molecule has 1 N–H and O–H groups in total. The van der Waals surface area contributed by atoms with Crippen molar-refractivity contribution in [3.63, 3.8) is 0 Å².